The summed E-state index contributed by atoms with van der Waals surface area (Å²) in [5, 5.41) is 8.58. The lowest BCUT2D eigenvalue weighted by atomic mass is 9.79. The summed E-state index contributed by atoms with van der Waals surface area (Å²) < 4.78 is 26.7. The van der Waals surface area contributed by atoms with Crippen LogP contribution in [0.3, 0.4) is 0 Å². The second kappa shape index (κ2) is 3.61. The van der Waals surface area contributed by atoms with E-state index in [1.54, 1.807) is 0 Å². The maximum atomic E-state index is 13.5. The lowest BCUT2D eigenvalue weighted by Gasteiger charge is -2.26. The number of carboxylic acids is 1. The van der Waals surface area contributed by atoms with Crippen molar-refractivity contribution >= 4 is 5.97 Å². The number of aromatic carboxylic acids is 1. The van der Waals surface area contributed by atoms with Gasteiger partial charge in [0.1, 0.15) is 0 Å². The number of hydrogen-bond acceptors (Lipinski definition) is 1. The van der Waals surface area contributed by atoms with E-state index in [2.05, 4.69) is 0 Å². The van der Waals surface area contributed by atoms with Crippen molar-refractivity contribution in [3.63, 3.8) is 0 Å². The van der Waals surface area contributed by atoms with Crippen molar-refractivity contribution in [2.45, 2.75) is 25.2 Å². The van der Waals surface area contributed by atoms with Gasteiger partial charge in [-0.3, -0.25) is 0 Å². The van der Waals surface area contributed by atoms with Gasteiger partial charge in [-0.25, -0.2) is 13.6 Å². The first-order valence-corrected chi connectivity index (χ1v) is 4.82. The Kier molecular flexibility index (Phi) is 2.42. The van der Waals surface area contributed by atoms with Crippen molar-refractivity contribution in [1.82, 2.24) is 0 Å². The maximum Gasteiger partial charge on any atom is 0.338 e. The molecule has 1 aliphatic rings. The van der Waals surface area contributed by atoms with Crippen LogP contribution in [0, 0.1) is 11.6 Å². The lowest BCUT2D eigenvalue weighted by Crippen LogP contribution is -2.13. The zero-order valence-corrected chi connectivity index (χ0v) is 7.96. The van der Waals surface area contributed by atoms with Crippen molar-refractivity contribution < 1.29 is 18.7 Å². The molecule has 0 heterocycles. The van der Waals surface area contributed by atoms with Crippen molar-refractivity contribution in [1.29, 1.82) is 0 Å². The first-order chi connectivity index (χ1) is 7.11. The summed E-state index contributed by atoms with van der Waals surface area (Å²) in [5.41, 5.74) is -0.292. The minimum Gasteiger partial charge on any atom is -0.478 e. The summed E-state index contributed by atoms with van der Waals surface area (Å²) in [6.45, 7) is 0. The van der Waals surface area contributed by atoms with Gasteiger partial charge in [0.15, 0.2) is 11.6 Å². The van der Waals surface area contributed by atoms with Gasteiger partial charge in [0, 0.05) is 0 Å². The molecule has 2 nitrogen and oxygen atoms in total. The van der Waals surface area contributed by atoms with E-state index in [1.165, 1.54) is 6.07 Å². The Morgan fingerprint density at radius 1 is 1.27 bits per heavy atom. The van der Waals surface area contributed by atoms with Gasteiger partial charge in [-0.15, -0.1) is 0 Å². The van der Waals surface area contributed by atoms with Crippen molar-refractivity contribution in [3.05, 3.63) is 34.9 Å². The highest BCUT2D eigenvalue weighted by atomic mass is 19.2. The summed E-state index contributed by atoms with van der Waals surface area (Å²) in [4.78, 5) is 10.5. The molecule has 0 saturated heterocycles. The third-order valence-corrected chi connectivity index (χ3v) is 2.89. The fourth-order valence-electron chi connectivity index (χ4n) is 1.76. The summed E-state index contributed by atoms with van der Waals surface area (Å²) in [6.07, 6.45) is 2.72. The van der Waals surface area contributed by atoms with Gasteiger partial charge in [-0.1, -0.05) is 12.5 Å². The molecule has 1 aromatic carbocycles. The van der Waals surface area contributed by atoms with E-state index in [4.69, 9.17) is 5.11 Å². The quantitative estimate of drug-likeness (QED) is 0.818. The minimum absolute atomic E-state index is 0.0577. The topological polar surface area (TPSA) is 37.3 Å². The van der Waals surface area contributed by atoms with Crippen LogP contribution in [0.4, 0.5) is 8.78 Å². The Balaban J connectivity index is 2.43. The first-order valence-electron chi connectivity index (χ1n) is 4.82. The molecule has 15 heavy (non-hydrogen) atoms. The number of hydrogen-bond donors (Lipinski definition) is 1. The number of halogens is 2. The molecule has 0 aliphatic heterocycles. The molecule has 0 atom stereocenters. The van der Waals surface area contributed by atoms with Gasteiger partial charge in [0.25, 0.3) is 0 Å². The molecule has 0 unspecified atom stereocenters. The number of benzene rings is 1. The second-order valence-corrected chi connectivity index (χ2v) is 3.76. The van der Waals surface area contributed by atoms with Crippen LogP contribution in [0.2, 0.25) is 0 Å². The lowest BCUT2D eigenvalue weighted by molar-refractivity contribution is 0.0690. The Labute approximate surface area is 85.5 Å². The van der Waals surface area contributed by atoms with Crippen molar-refractivity contribution in [2.75, 3.05) is 0 Å². The standard InChI is InChI=1S/C11H10F2O2/c12-9-7(6-2-1-3-6)4-5-8(10(9)13)11(14)15/h4-6H,1-3H2,(H,14,15). The minimum atomic E-state index is -1.44. The molecule has 0 spiro atoms. The molecule has 1 fully saturated rings. The van der Waals surface area contributed by atoms with Gasteiger partial charge in [-0.2, -0.15) is 0 Å². The third kappa shape index (κ3) is 1.60. The van der Waals surface area contributed by atoms with E-state index in [-0.39, 0.29) is 5.92 Å². The van der Waals surface area contributed by atoms with Crippen molar-refractivity contribution in [3.8, 4) is 0 Å². The van der Waals surface area contributed by atoms with Crippen LogP contribution in [0.15, 0.2) is 12.1 Å². The molecule has 1 N–H and O–H groups in total. The van der Waals surface area contributed by atoms with Gasteiger partial charge >= 0.3 is 5.97 Å². The molecule has 0 radical (unpaired) electrons. The normalized spacial score (nSPS) is 16.1. The highest BCUT2D eigenvalue weighted by molar-refractivity contribution is 5.88. The predicted octanol–water partition coefficient (Wildman–Crippen LogP) is 2.93. The van der Waals surface area contributed by atoms with E-state index in [1.807, 2.05) is 0 Å². The highest BCUT2D eigenvalue weighted by Crippen LogP contribution is 2.38. The fourth-order valence-corrected chi connectivity index (χ4v) is 1.76. The summed E-state index contributed by atoms with van der Waals surface area (Å²) in [7, 11) is 0. The predicted molar refractivity (Wildman–Crippen MR) is 49.9 cm³/mol. The average Bonchev–Trinajstić information content (AvgIpc) is 2.09. The van der Waals surface area contributed by atoms with Crippen LogP contribution in [-0.2, 0) is 0 Å². The number of rotatable bonds is 2. The maximum absolute atomic E-state index is 13.5. The molecule has 1 aromatic rings. The molecule has 1 saturated carbocycles. The molecule has 0 aromatic heterocycles. The zero-order valence-electron chi connectivity index (χ0n) is 7.96. The Morgan fingerprint density at radius 3 is 2.40 bits per heavy atom. The molecular weight excluding hydrogens is 202 g/mol. The second-order valence-electron chi connectivity index (χ2n) is 3.76. The zero-order chi connectivity index (χ0) is 11.0. The Hall–Kier alpha value is -1.45. The highest BCUT2D eigenvalue weighted by Gasteiger charge is 2.26. The third-order valence-electron chi connectivity index (χ3n) is 2.89. The van der Waals surface area contributed by atoms with Crippen molar-refractivity contribution in [2.24, 2.45) is 0 Å². The summed E-state index contributed by atoms with van der Waals surface area (Å²) in [5.74, 6) is -3.62. The molecule has 4 heteroatoms. The molecule has 2 rings (SSSR count). The van der Waals surface area contributed by atoms with Crippen LogP contribution < -0.4 is 0 Å². The van der Waals surface area contributed by atoms with E-state index >= 15 is 0 Å². The molecule has 1 aliphatic carbocycles. The Bertz CT molecular complexity index is 411. The van der Waals surface area contributed by atoms with Gasteiger partial charge in [-0.05, 0) is 30.4 Å². The van der Waals surface area contributed by atoms with Crippen LogP contribution in [0.1, 0.15) is 41.1 Å². The number of carboxylic acid groups (broad SMARTS) is 1. The fraction of sp³-hybridized carbons (Fsp3) is 0.364. The van der Waals surface area contributed by atoms with Gasteiger partial charge < -0.3 is 5.11 Å². The molecule has 0 amide bonds. The van der Waals surface area contributed by atoms with Gasteiger partial charge in [0.05, 0.1) is 5.56 Å². The van der Waals surface area contributed by atoms with Crippen LogP contribution in [-0.4, -0.2) is 11.1 Å². The largest absolute Gasteiger partial charge is 0.478 e. The number of carbonyl (C=O) groups is 1. The van der Waals surface area contributed by atoms with Gasteiger partial charge in [0.2, 0.25) is 0 Å². The molecule has 0 bridgehead atoms. The Morgan fingerprint density at radius 2 is 1.93 bits per heavy atom. The average molecular weight is 212 g/mol. The van der Waals surface area contributed by atoms with E-state index in [9.17, 15) is 13.6 Å². The van der Waals surface area contributed by atoms with Crippen LogP contribution >= 0.6 is 0 Å². The van der Waals surface area contributed by atoms with Crippen LogP contribution in [0.5, 0.6) is 0 Å². The van der Waals surface area contributed by atoms with E-state index < -0.39 is 23.2 Å². The van der Waals surface area contributed by atoms with Crippen LogP contribution in [0.25, 0.3) is 0 Å². The van der Waals surface area contributed by atoms with E-state index in [0.29, 0.717) is 5.56 Å². The summed E-state index contributed by atoms with van der Waals surface area (Å²) >= 11 is 0. The monoisotopic (exact) mass is 212 g/mol. The molecule has 80 valence electrons. The molecular formula is C11H10F2O2. The first kappa shape index (κ1) is 10.1. The van der Waals surface area contributed by atoms with E-state index in [0.717, 1.165) is 25.3 Å². The summed E-state index contributed by atoms with van der Waals surface area (Å²) in [6, 6.07) is 2.51. The SMILES string of the molecule is O=C(O)c1ccc(C2CCC2)c(F)c1F. The smallest absolute Gasteiger partial charge is 0.338 e.